The van der Waals surface area contributed by atoms with Gasteiger partial charge in [0, 0.05) is 54.8 Å². The number of H-pyrrole nitrogens is 1. The molecule has 0 saturated carbocycles. The summed E-state index contributed by atoms with van der Waals surface area (Å²) in [4.78, 5) is 22.4. The van der Waals surface area contributed by atoms with Crippen LogP contribution in [0.3, 0.4) is 0 Å². The van der Waals surface area contributed by atoms with Crippen LogP contribution in [0.2, 0.25) is 0 Å². The van der Waals surface area contributed by atoms with Gasteiger partial charge in [-0.2, -0.15) is 0 Å². The third-order valence-corrected chi connectivity index (χ3v) is 6.83. The van der Waals surface area contributed by atoms with E-state index in [2.05, 4.69) is 9.97 Å². The first-order valence-electron chi connectivity index (χ1n) is 11.2. The molecule has 1 unspecified atom stereocenters. The first-order valence-corrected chi connectivity index (χ1v) is 11.2. The summed E-state index contributed by atoms with van der Waals surface area (Å²) in [7, 11) is 0. The Kier molecular flexibility index (Phi) is 5.64. The molecule has 1 atom stereocenters. The van der Waals surface area contributed by atoms with Crippen molar-refractivity contribution >= 4 is 16.8 Å². The van der Waals surface area contributed by atoms with Gasteiger partial charge in [0.2, 0.25) is 0 Å². The summed E-state index contributed by atoms with van der Waals surface area (Å²) in [5.41, 5.74) is 1.70. The number of aromatic amines is 1. The molecule has 1 spiro atoms. The van der Waals surface area contributed by atoms with Gasteiger partial charge in [0.1, 0.15) is 5.75 Å². The van der Waals surface area contributed by atoms with Crippen molar-refractivity contribution in [2.75, 3.05) is 26.3 Å². The smallest absolute Gasteiger partial charge is 0.254 e. The van der Waals surface area contributed by atoms with Gasteiger partial charge in [0.15, 0.2) is 0 Å². The maximum atomic E-state index is 13.2. The van der Waals surface area contributed by atoms with E-state index in [4.69, 9.17) is 9.47 Å². The van der Waals surface area contributed by atoms with E-state index < -0.39 is 0 Å². The minimum absolute atomic E-state index is 0.0868. The molecule has 31 heavy (non-hydrogen) atoms. The second kappa shape index (κ2) is 8.71. The summed E-state index contributed by atoms with van der Waals surface area (Å²) in [6.07, 6.45) is 10.4. The fourth-order valence-electron chi connectivity index (χ4n) is 5.06. The van der Waals surface area contributed by atoms with Gasteiger partial charge in [0.25, 0.3) is 5.91 Å². The second-order valence-corrected chi connectivity index (χ2v) is 8.75. The van der Waals surface area contributed by atoms with Crippen molar-refractivity contribution in [3.05, 3.63) is 60.6 Å². The van der Waals surface area contributed by atoms with E-state index in [-0.39, 0.29) is 11.5 Å². The monoisotopic (exact) mass is 419 g/mol. The molecule has 2 saturated heterocycles. The molecule has 0 radical (unpaired) electrons. The zero-order chi connectivity index (χ0) is 21.1. The molecule has 0 aliphatic carbocycles. The maximum absolute atomic E-state index is 13.2. The highest BCUT2D eigenvalue weighted by atomic mass is 16.5. The highest BCUT2D eigenvalue weighted by Gasteiger charge is 2.41. The van der Waals surface area contributed by atoms with Crippen molar-refractivity contribution < 1.29 is 14.3 Å². The van der Waals surface area contributed by atoms with E-state index in [9.17, 15) is 4.79 Å². The van der Waals surface area contributed by atoms with Gasteiger partial charge in [-0.25, -0.2) is 0 Å². The number of carbonyl (C=O) groups excluding carboxylic acids is 1. The molecule has 1 amide bonds. The van der Waals surface area contributed by atoms with E-state index in [0.717, 1.165) is 80.6 Å². The molecule has 2 aromatic heterocycles. The number of amides is 1. The Morgan fingerprint density at radius 2 is 2.03 bits per heavy atom. The molecule has 1 aromatic carbocycles. The van der Waals surface area contributed by atoms with Crippen LogP contribution < -0.4 is 4.74 Å². The predicted octanol–water partition coefficient (Wildman–Crippen LogP) is 4.43. The number of hydrogen-bond donors (Lipinski definition) is 1. The van der Waals surface area contributed by atoms with Crippen LogP contribution in [0, 0.1) is 5.92 Å². The molecule has 5 rings (SSSR count). The van der Waals surface area contributed by atoms with E-state index >= 15 is 0 Å². The molecule has 2 aliphatic heterocycles. The summed E-state index contributed by atoms with van der Waals surface area (Å²) in [5, 5.41) is 0.996. The van der Waals surface area contributed by atoms with Crippen molar-refractivity contribution in [1.82, 2.24) is 14.9 Å². The van der Waals surface area contributed by atoms with Gasteiger partial charge in [-0.3, -0.25) is 9.78 Å². The third-order valence-electron chi connectivity index (χ3n) is 6.83. The lowest BCUT2D eigenvalue weighted by Gasteiger charge is -2.46. The Hall–Kier alpha value is -2.86. The van der Waals surface area contributed by atoms with Crippen LogP contribution in [0.5, 0.6) is 5.75 Å². The highest BCUT2D eigenvalue weighted by Crippen LogP contribution is 2.39. The Bertz CT molecular complexity index is 1020. The number of ether oxygens (including phenoxy) is 2. The number of nitrogens with zero attached hydrogens (tertiary/aromatic N) is 2. The summed E-state index contributed by atoms with van der Waals surface area (Å²) in [6, 6.07) is 11.7. The molecule has 3 aromatic rings. The van der Waals surface area contributed by atoms with Gasteiger partial charge in [-0.15, -0.1) is 0 Å². The van der Waals surface area contributed by atoms with Gasteiger partial charge in [-0.1, -0.05) is 6.07 Å². The average molecular weight is 420 g/mol. The molecule has 2 fully saturated rings. The lowest BCUT2D eigenvalue weighted by molar-refractivity contribution is -0.125. The predicted molar refractivity (Wildman–Crippen MR) is 119 cm³/mol. The number of aromatic nitrogens is 2. The van der Waals surface area contributed by atoms with Crippen molar-refractivity contribution in [2.24, 2.45) is 5.92 Å². The number of rotatable bonds is 5. The van der Waals surface area contributed by atoms with Crippen LogP contribution in [0.1, 0.15) is 42.5 Å². The molecule has 6 heteroatoms. The lowest BCUT2D eigenvalue weighted by atomic mass is 9.78. The first kappa shape index (κ1) is 20.1. The molecule has 0 bridgehead atoms. The zero-order valence-corrected chi connectivity index (χ0v) is 17.8. The summed E-state index contributed by atoms with van der Waals surface area (Å²) >= 11 is 0. The Labute approximate surface area is 182 Å². The Balaban J connectivity index is 1.16. The van der Waals surface area contributed by atoms with E-state index in [1.54, 1.807) is 12.4 Å². The van der Waals surface area contributed by atoms with Crippen LogP contribution in [-0.2, 0) is 4.74 Å². The fraction of sp³-hybridized carbons (Fsp3) is 0.440. The molecular weight excluding hydrogens is 390 g/mol. The molecule has 1 N–H and O–H groups in total. The van der Waals surface area contributed by atoms with Crippen LogP contribution >= 0.6 is 0 Å². The average Bonchev–Trinajstić information content (AvgIpc) is 3.29. The number of benzene rings is 1. The summed E-state index contributed by atoms with van der Waals surface area (Å²) in [6.45, 7) is 3.02. The van der Waals surface area contributed by atoms with Crippen molar-refractivity contribution in [1.29, 1.82) is 0 Å². The first-order chi connectivity index (χ1) is 15.2. The quantitative estimate of drug-likeness (QED) is 0.664. The number of carbonyl (C=O) groups is 1. The van der Waals surface area contributed by atoms with Crippen molar-refractivity contribution in [3.63, 3.8) is 0 Å². The van der Waals surface area contributed by atoms with Crippen LogP contribution in [0.25, 0.3) is 10.9 Å². The maximum Gasteiger partial charge on any atom is 0.254 e. The summed E-state index contributed by atoms with van der Waals surface area (Å²) in [5.74, 6) is 1.60. The molecule has 162 valence electrons. The highest BCUT2D eigenvalue weighted by molar-refractivity contribution is 6.06. The number of piperidine rings is 1. The summed E-state index contributed by atoms with van der Waals surface area (Å²) < 4.78 is 12.2. The number of pyridine rings is 1. The number of nitrogens with one attached hydrogen (secondary N) is 1. The molecule has 4 heterocycles. The number of fused-ring (bicyclic) bond motifs is 1. The molecule has 2 aliphatic rings. The topological polar surface area (TPSA) is 67.5 Å². The zero-order valence-electron chi connectivity index (χ0n) is 17.8. The third kappa shape index (κ3) is 4.30. The minimum Gasteiger partial charge on any atom is -0.493 e. The SMILES string of the molecule is O=C(c1cccc2[nH]ccc12)N1CCC2(CC1)CC(CCOc1ccncc1)CCO2. The van der Waals surface area contributed by atoms with Crippen molar-refractivity contribution in [2.45, 2.75) is 37.7 Å². The van der Waals surface area contributed by atoms with E-state index in [1.807, 2.05) is 47.5 Å². The van der Waals surface area contributed by atoms with E-state index in [0.29, 0.717) is 5.92 Å². The standard InChI is InChI=1S/C25H29N3O3/c29-24(22-2-1-3-23-21(22)6-13-27-23)28-14-9-25(10-15-28)18-19(8-17-31-25)7-16-30-20-4-11-26-12-5-20/h1-6,11-13,19,27H,7-10,14-18H2. The number of hydrogen-bond acceptors (Lipinski definition) is 4. The molecule has 6 nitrogen and oxygen atoms in total. The number of likely N-dealkylation sites (tertiary alicyclic amines) is 1. The van der Waals surface area contributed by atoms with E-state index in [1.165, 1.54) is 0 Å². The Morgan fingerprint density at radius 3 is 2.87 bits per heavy atom. The fourth-order valence-corrected chi connectivity index (χ4v) is 5.06. The van der Waals surface area contributed by atoms with Gasteiger partial charge in [-0.05, 0) is 68.4 Å². The second-order valence-electron chi connectivity index (χ2n) is 8.75. The van der Waals surface area contributed by atoms with Crippen LogP contribution in [-0.4, -0.2) is 52.7 Å². The normalized spacial score (nSPS) is 20.8. The largest absolute Gasteiger partial charge is 0.493 e. The Morgan fingerprint density at radius 1 is 1.19 bits per heavy atom. The van der Waals surface area contributed by atoms with Crippen LogP contribution in [0.4, 0.5) is 0 Å². The van der Waals surface area contributed by atoms with Crippen molar-refractivity contribution in [3.8, 4) is 5.75 Å². The van der Waals surface area contributed by atoms with Gasteiger partial charge < -0.3 is 19.4 Å². The minimum atomic E-state index is -0.0868. The molecular formula is C25H29N3O3. The van der Waals surface area contributed by atoms with Crippen LogP contribution in [0.15, 0.2) is 55.0 Å². The lowest BCUT2D eigenvalue weighted by Crippen LogP contribution is -2.50. The van der Waals surface area contributed by atoms with Gasteiger partial charge in [0.05, 0.1) is 12.2 Å². The van der Waals surface area contributed by atoms with Gasteiger partial charge >= 0.3 is 0 Å².